The summed E-state index contributed by atoms with van der Waals surface area (Å²) < 4.78 is 1.40. The van der Waals surface area contributed by atoms with Gasteiger partial charge in [0.15, 0.2) is 11.5 Å². The van der Waals surface area contributed by atoms with Crippen LogP contribution in [0.25, 0.3) is 22.6 Å². The molecule has 2 aromatic heterocycles. The molecule has 0 radical (unpaired) electrons. The number of aromatic amines is 1. The number of aliphatic hydroxyl groups excluding tert-OH is 4. The van der Waals surface area contributed by atoms with E-state index >= 15 is 0 Å². The molecule has 5 rings (SSSR count). The fourth-order valence-corrected chi connectivity index (χ4v) is 3.64. The minimum Gasteiger partial charge on any atom is -0.478 e. The van der Waals surface area contributed by atoms with Crippen LogP contribution in [0.5, 0.6) is 0 Å². The Hall–Kier alpha value is -4.96. The number of aryl methyl sites for hydroxylation is 2. The topological polar surface area (TPSA) is 238 Å². The maximum Gasteiger partial charge on any atom is 0.349 e. The van der Waals surface area contributed by atoms with Crippen LogP contribution in [0.1, 0.15) is 21.5 Å². The van der Waals surface area contributed by atoms with Crippen molar-refractivity contribution in [2.45, 2.75) is 38.7 Å². The highest BCUT2D eigenvalue weighted by atomic mass is 16.4. The van der Waals surface area contributed by atoms with Crippen molar-refractivity contribution in [3.8, 4) is 11.5 Å². The SMILES string of the molecule is Cc1cc2nc3c(=O)[nH]c(=O)nc-3n(C[C@H](O)[C@H](O)[C@H](O)CO)c2cc1C.O=C(O)c1cccnc1.c1ccnnc1. The molecule has 6 N–H and O–H groups in total. The molecule has 0 aliphatic carbocycles. The Morgan fingerprint density at radius 3 is 2.14 bits per heavy atom. The predicted molar refractivity (Wildman–Crippen MR) is 149 cm³/mol. The second-order valence-corrected chi connectivity index (χ2v) is 8.96. The average molecular weight is 580 g/mol. The highest BCUT2D eigenvalue weighted by Crippen LogP contribution is 2.24. The Morgan fingerprint density at radius 2 is 1.62 bits per heavy atom. The number of carboxylic acid groups (broad SMARTS) is 1. The number of H-pyrrole nitrogens is 1. The molecule has 42 heavy (non-hydrogen) atoms. The van der Waals surface area contributed by atoms with Gasteiger partial charge >= 0.3 is 11.7 Å². The van der Waals surface area contributed by atoms with Crippen LogP contribution in [0.15, 0.2) is 70.8 Å². The smallest absolute Gasteiger partial charge is 0.349 e. The number of hydrogen-bond acceptors (Lipinski definition) is 12. The molecule has 3 atom stereocenters. The van der Waals surface area contributed by atoms with Crippen molar-refractivity contribution < 1.29 is 30.3 Å². The summed E-state index contributed by atoms with van der Waals surface area (Å²) in [5.74, 6) is -0.993. The highest BCUT2D eigenvalue weighted by molar-refractivity contribution is 5.87. The number of hydrogen-bond donors (Lipinski definition) is 6. The molecule has 1 aromatic carbocycles. The van der Waals surface area contributed by atoms with Gasteiger partial charge in [0, 0.05) is 24.8 Å². The monoisotopic (exact) mass is 579 g/mol. The largest absolute Gasteiger partial charge is 0.478 e. The zero-order valence-electron chi connectivity index (χ0n) is 22.6. The molecule has 0 spiro atoms. The second kappa shape index (κ2) is 14.6. The Balaban J connectivity index is 0.000000261. The Kier molecular flexibility index (Phi) is 11.0. The molecular weight excluding hydrogens is 550 g/mol. The van der Waals surface area contributed by atoms with Gasteiger partial charge in [0.2, 0.25) is 0 Å². The summed E-state index contributed by atoms with van der Waals surface area (Å²) in [6, 6.07) is 10.3. The van der Waals surface area contributed by atoms with Crippen LogP contribution in [0, 0.1) is 13.8 Å². The molecule has 0 saturated carbocycles. The van der Waals surface area contributed by atoms with Crippen LogP contribution in [0.4, 0.5) is 0 Å². The highest BCUT2D eigenvalue weighted by Gasteiger charge is 2.27. The van der Waals surface area contributed by atoms with Gasteiger partial charge in [-0.1, -0.05) is 0 Å². The normalized spacial score (nSPS) is 12.8. The van der Waals surface area contributed by atoms with Crippen LogP contribution >= 0.6 is 0 Å². The Labute approximate surface area is 237 Å². The number of aliphatic hydroxyl groups is 4. The number of aromatic carboxylic acids is 1. The summed E-state index contributed by atoms with van der Waals surface area (Å²) in [4.78, 5) is 47.8. The fraction of sp³-hybridized carbons (Fsp3) is 0.259. The molecule has 3 aromatic rings. The number of fused-ring (bicyclic) bond motifs is 2. The number of benzene rings is 1. The van der Waals surface area contributed by atoms with E-state index < -0.39 is 42.1 Å². The van der Waals surface area contributed by atoms with Gasteiger partial charge in [-0.3, -0.25) is 14.8 Å². The van der Waals surface area contributed by atoms with Gasteiger partial charge in [0.05, 0.1) is 29.7 Å². The molecule has 0 amide bonds. The first-order chi connectivity index (χ1) is 20.0. The third-order valence-corrected chi connectivity index (χ3v) is 5.96. The standard InChI is InChI=1S/C17H20N4O6.C6H5NO2.C4H4N2/c1-7-3-9-10(4-8(7)2)21(5-11(23)14(25)12(24)6-22)15-13(18-9)16(26)20-17(27)19-15;8-6(9)5-2-1-3-7-4-5;1-2-4-6-5-3-1/h3-4,11-12,14,22-25H,5-6H2,1-2H3,(H,20,26,27);1-4H,(H,8,9);1-4H/t11-,12+,14-;;/m0../s1. The van der Waals surface area contributed by atoms with E-state index in [1.807, 2.05) is 26.0 Å². The maximum absolute atomic E-state index is 12.2. The fourth-order valence-electron chi connectivity index (χ4n) is 3.64. The van der Waals surface area contributed by atoms with Crippen molar-refractivity contribution in [2.75, 3.05) is 6.61 Å². The van der Waals surface area contributed by atoms with Crippen LogP contribution in [-0.2, 0) is 6.54 Å². The van der Waals surface area contributed by atoms with E-state index in [1.54, 1.807) is 30.6 Å². The lowest BCUT2D eigenvalue weighted by Gasteiger charge is -2.25. The van der Waals surface area contributed by atoms with E-state index in [-0.39, 0.29) is 23.6 Å². The van der Waals surface area contributed by atoms with E-state index in [9.17, 15) is 29.7 Å². The van der Waals surface area contributed by atoms with Gasteiger partial charge in [-0.2, -0.15) is 15.2 Å². The predicted octanol–water partition coefficient (Wildman–Crippen LogP) is -0.467. The van der Waals surface area contributed by atoms with E-state index in [0.29, 0.717) is 11.0 Å². The Bertz CT molecular complexity index is 1670. The lowest BCUT2D eigenvalue weighted by molar-refractivity contribution is -0.0802. The molecule has 4 heterocycles. The molecule has 0 fully saturated rings. The number of aromatic nitrogens is 7. The molecule has 2 aliphatic rings. The minimum atomic E-state index is -1.64. The molecule has 15 heteroatoms. The first kappa shape index (κ1) is 31.6. The summed E-state index contributed by atoms with van der Waals surface area (Å²) >= 11 is 0. The van der Waals surface area contributed by atoms with Crippen LogP contribution < -0.4 is 11.2 Å². The molecule has 220 valence electrons. The first-order valence-corrected chi connectivity index (χ1v) is 12.4. The van der Waals surface area contributed by atoms with Crippen molar-refractivity contribution >= 4 is 17.0 Å². The van der Waals surface area contributed by atoms with E-state index in [1.165, 1.54) is 23.0 Å². The number of nitrogens with zero attached hydrogens (tertiary/aromatic N) is 6. The van der Waals surface area contributed by atoms with Crippen LogP contribution in [0.2, 0.25) is 0 Å². The molecular formula is C27H29N7O8. The van der Waals surface area contributed by atoms with Crippen molar-refractivity contribution in [2.24, 2.45) is 0 Å². The second-order valence-electron chi connectivity index (χ2n) is 8.96. The van der Waals surface area contributed by atoms with E-state index in [4.69, 9.17) is 10.2 Å². The zero-order chi connectivity index (χ0) is 30.8. The number of rotatable bonds is 6. The van der Waals surface area contributed by atoms with E-state index in [0.717, 1.165) is 11.1 Å². The maximum atomic E-state index is 12.2. The molecule has 2 aliphatic heterocycles. The Morgan fingerprint density at radius 1 is 0.952 bits per heavy atom. The zero-order valence-corrected chi connectivity index (χ0v) is 22.6. The van der Waals surface area contributed by atoms with Crippen molar-refractivity contribution in [1.82, 2.24) is 34.7 Å². The van der Waals surface area contributed by atoms with Crippen molar-refractivity contribution in [3.05, 3.63) is 98.7 Å². The van der Waals surface area contributed by atoms with Gasteiger partial charge in [-0.25, -0.2) is 14.6 Å². The average Bonchev–Trinajstić information content (AvgIpc) is 2.99. The summed E-state index contributed by atoms with van der Waals surface area (Å²) in [5.41, 5.74) is 1.33. The van der Waals surface area contributed by atoms with Crippen LogP contribution in [0.3, 0.4) is 0 Å². The number of carboxylic acids is 1. The minimum absolute atomic E-state index is 0.0516. The molecule has 0 saturated heterocycles. The summed E-state index contributed by atoms with van der Waals surface area (Å²) in [5, 5.41) is 54.2. The summed E-state index contributed by atoms with van der Waals surface area (Å²) in [7, 11) is 0. The van der Waals surface area contributed by atoms with Gasteiger partial charge in [-0.15, -0.1) is 0 Å². The molecule has 15 nitrogen and oxygen atoms in total. The van der Waals surface area contributed by atoms with Crippen molar-refractivity contribution in [1.29, 1.82) is 0 Å². The third-order valence-electron chi connectivity index (χ3n) is 5.96. The lowest BCUT2D eigenvalue weighted by atomic mass is 10.1. The molecule has 0 bridgehead atoms. The van der Waals surface area contributed by atoms with Gasteiger partial charge in [-0.05, 0) is 61.4 Å². The quantitative estimate of drug-likeness (QED) is 0.140. The van der Waals surface area contributed by atoms with Gasteiger partial charge in [0.1, 0.15) is 18.3 Å². The summed E-state index contributed by atoms with van der Waals surface area (Å²) in [6.45, 7) is 2.73. The van der Waals surface area contributed by atoms with Crippen molar-refractivity contribution in [3.63, 3.8) is 0 Å². The van der Waals surface area contributed by atoms with Gasteiger partial charge in [0.25, 0.3) is 5.56 Å². The lowest BCUT2D eigenvalue weighted by Crippen LogP contribution is -2.42. The van der Waals surface area contributed by atoms with Gasteiger partial charge < -0.3 is 30.1 Å². The number of pyridine rings is 1. The summed E-state index contributed by atoms with van der Waals surface area (Å²) in [6.07, 6.45) is 1.44. The van der Waals surface area contributed by atoms with Crippen LogP contribution in [-0.4, -0.2) is 91.1 Å². The third kappa shape index (κ3) is 8.05. The molecule has 0 unspecified atom stereocenters. The number of carbonyl (C=O) groups is 1. The first-order valence-electron chi connectivity index (χ1n) is 12.4. The van der Waals surface area contributed by atoms with E-state index in [2.05, 4.69) is 30.1 Å². The number of nitrogens with one attached hydrogen (secondary N) is 1.